The molecule has 3 rings (SSSR count). The molecular weight excluding hydrogens is 288 g/mol. The lowest BCUT2D eigenvalue weighted by atomic mass is 10.2. The number of nitrogens with zero attached hydrogens (tertiary/aromatic N) is 4. The highest BCUT2D eigenvalue weighted by atomic mass is 32.1. The Balaban J connectivity index is 1.49. The fraction of sp³-hybridized carbons (Fsp3) is 0.538. The van der Waals surface area contributed by atoms with Gasteiger partial charge in [-0.25, -0.2) is 9.78 Å². The van der Waals surface area contributed by atoms with Gasteiger partial charge in [-0.2, -0.15) is 0 Å². The lowest BCUT2D eigenvalue weighted by Crippen LogP contribution is -2.30. The highest BCUT2D eigenvalue weighted by Gasteiger charge is 2.14. The molecular formula is C13H18N6OS. The van der Waals surface area contributed by atoms with E-state index in [1.165, 1.54) is 30.6 Å². The summed E-state index contributed by atoms with van der Waals surface area (Å²) in [7, 11) is 0. The number of aryl methyl sites for hydroxylation is 1. The normalized spacial score (nSPS) is 14.3. The molecule has 21 heavy (non-hydrogen) atoms. The highest BCUT2D eigenvalue weighted by Crippen LogP contribution is 2.14. The zero-order chi connectivity index (χ0) is 14.5. The second-order valence-corrected chi connectivity index (χ2v) is 5.86. The summed E-state index contributed by atoms with van der Waals surface area (Å²) < 4.78 is 2.20. The Hall–Kier alpha value is -1.96. The summed E-state index contributed by atoms with van der Waals surface area (Å²) in [6, 6.07) is -0.236. The Kier molecular flexibility index (Phi) is 4.44. The van der Waals surface area contributed by atoms with Crippen molar-refractivity contribution in [3.05, 3.63) is 23.2 Å². The van der Waals surface area contributed by atoms with Gasteiger partial charge in [0.15, 0.2) is 5.13 Å². The Labute approximate surface area is 126 Å². The van der Waals surface area contributed by atoms with Gasteiger partial charge in [-0.3, -0.25) is 5.32 Å². The Bertz CT molecular complexity index is 594. The van der Waals surface area contributed by atoms with E-state index in [4.69, 9.17) is 0 Å². The minimum Gasteiger partial charge on any atom is -0.337 e. The van der Waals surface area contributed by atoms with E-state index in [2.05, 4.69) is 30.4 Å². The van der Waals surface area contributed by atoms with E-state index in [1.54, 1.807) is 6.20 Å². The molecule has 0 atom stereocenters. The van der Waals surface area contributed by atoms with Crippen LogP contribution in [0, 0.1) is 0 Å². The molecule has 3 heterocycles. The monoisotopic (exact) mass is 306 g/mol. The number of carbonyl (C=O) groups excluding carboxylic acids is 1. The third-order valence-electron chi connectivity index (χ3n) is 3.47. The zero-order valence-corrected chi connectivity index (χ0v) is 12.5. The minimum absolute atomic E-state index is 0.236. The van der Waals surface area contributed by atoms with Crippen molar-refractivity contribution >= 4 is 22.5 Å². The molecule has 0 spiro atoms. The predicted molar refractivity (Wildman–Crippen MR) is 80.4 cm³/mol. The number of nitrogens with one attached hydrogen (secondary N) is 2. The Morgan fingerprint density at radius 1 is 1.33 bits per heavy atom. The first kappa shape index (κ1) is 14.0. The van der Waals surface area contributed by atoms with Crippen LogP contribution in [0.4, 0.5) is 9.93 Å². The van der Waals surface area contributed by atoms with E-state index in [0.717, 1.165) is 24.6 Å². The van der Waals surface area contributed by atoms with Crippen LogP contribution in [0.5, 0.6) is 0 Å². The third-order valence-corrected chi connectivity index (χ3v) is 4.16. The number of hydrogen-bond donors (Lipinski definition) is 2. The maximum atomic E-state index is 11.7. The number of urea groups is 1. The Morgan fingerprint density at radius 3 is 3.14 bits per heavy atom. The van der Waals surface area contributed by atoms with E-state index in [9.17, 15) is 4.79 Å². The number of hydrogen-bond acceptors (Lipinski definition) is 5. The molecule has 112 valence electrons. The SMILES string of the molecule is O=C(NCCc1nnc2n1CCCCC2)Nc1nccs1. The van der Waals surface area contributed by atoms with E-state index in [1.807, 2.05) is 5.38 Å². The van der Waals surface area contributed by atoms with E-state index in [-0.39, 0.29) is 6.03 Å². The van der Waals surface area contributed by atoms with Crippen LogP contribution in [0.1, 0.15) is 30.9 Å². The number of thiazole rings is 1. The maximum Gasteiger partial charge on any atom is 0.321 e. The van der Waals surface area contributed by atoms with Crippen LogP contribution in [0.25, 0.3) is 0 Å². The molecule has 0 fully saturated rings. The lowest BCUT2D eigenvalue weighted by Gasteiger charge is -2.08. The Morgan fingerprint density at radius 2 is 2.29 bits per heavy atom. The fourth-order valence-corrected chi connectivity index (χ4v) is 2.97. The molecule has 0 unspecified atom stereocenters. The molecule has 2 amide bonds. The van der Waals surface area contributed by atoms with Crippen LogP contribution in [0.2, 0.25) is 0 Å². The minimum atomic E-state index is -0.236. The van der Waals surface area contributed by atoms with Gasteiger partial charge in [-0.05, 0) is 12.8 Å². The van der Waals surface area contributed by atoms with E-state index >= 15 is 0 Å². The van der Waals surface area contributed by atoms with Crippen LogP contribution in [0.3, 0.4) is 0 Å². The zero-order valence-electron chi connectivity index (χ0n) is 11.7. The second kappa shape index (κ2) is 6.66. The van der Waals surface area contributed by atoms with E-state index < -0.39 is 0 Å². The number of anilines is 1. The molecule has 7 nitrogen and oxygen atoms in total. The van der Waals surface area contributed by atoms with Crippen LogP contribution in [-0.4, -0.2) is 32.3 Å². The average molecular weight is 306 g/mol. The van der Waals surface area contributed by atoms with Crippen LogP contribution >= 0.6 is 11.3 Å². The number of amides is 2. The second-order valence-electron chi connectivity index (χ2n) is 4.96. The van der Waals surface area contributed by atoms with Crippen molar-refractivity contribution < 1.29 is 4.79 Å². The summed E-state index contributed by atoms with van der Waals surface area (Å²) in [4.78, 5) is 15.7. The molecule has 0 saturated carbocycles. The van der Waals surface area contributed by atoms with Gasteiger partial charge in [0.05, 0.1) is 0 Å². The first-order chi connectivity index (χ1) is 10.3. The van der Waals surface area contributed by atoms with Gasteiger partial charge in [-0.15, -0.1) is 21.5 Å². The molecule has 1 aliphatic rings. The molecule has 2 aromatic heterocycles. The molecule has 0 radical (unpaired) electrons. The van der Waals surface area contributed by atoms with Crippen molar-refractivity contribution in [2.45, 2.75) is 38.6 Å². The summed E-state index contributed by atoms with van der Waals surface area (Å²) in [6.45, 7) is 1.53. The van der Waals surface area contributed by atoms with Gasteiger partial charge in [0.25, 0.3) is 0 Å². The largest absolute Gasteiger partial charge is 0.337 e. The van der Waals surface area contributed by atoms with Crippen molar-refractivity contribution in [3.63, 3.8) is 0 Å². The molecule has 8 heteroatoms. The first-order valence-electron chi connectivity index (χ1n) is 7.18. The number of aromatic nitrogens is 4. The fourth-order valence-electron chi connectivity index (χ4n) is 2.44. The van der Waals surface area contributed by atoms with Crippen molar-refractivity contribution in [3.8, 4) is 0 Å². The summed E-state index contributed by atoms with van der Waals surface area (Å²) in [5.41, 5.74) is 0. The van der Waals surface area contributed by atoms with Crippen LogP contribution < -0.4 is 10.6 Å². The first-order valence-corrected chi connectivity index (χ1v) is 8.06. The number of fused-ring (bicyclic) bond motifs is 1. The van der Waals surface area contributed by atoms with Gasteiger partial charge in [0.1, 0.15) is 11.6 Å². The maximum absolute atomic E-state index is 11.7. The van der Waals surface area contributed by atoms with Gasteiger partial charge in [0.2, 0.25) is 0 Å². The van der Waals surface area contributed by atoms with Crippen molar-refractivity contribution in [1.82, 2.24) is 25.1 Å². The third kappa shape index (κ3) is 3.57. The summed E-state index contributed by atoms with van der Waals surface area (Å²) in [5.74, 6) is 2.04. The van der Waals surface area contributed by atoms with E-state index in [0.29, 0.717) is 18.1 Å². The van der Waals surface area contributed by atoms with Gasteiger partial charge in [-0.1, -0.05) is 6.42 Å². The van der Waals surface area contributed by atoms with Crippen LogP contribution in [-0.2, 0) is 19.4 Å². The molecule has 0 aromatic carbocycles. The van der Waals surface area contributed by atoms with Gasteiger partial charge < -0.3 is 9.88 Å². The average Bonchev–Trinajstić information content (AvgIpc) is 3.04. The number of rotatable bonds is 4. The molecule has 2 N–H and O–H groups in total. The van der Waals surface area contributed by atoms with Gasteiger partial charge in [0, 0.05) is 37.5 Å². The predicted octanol–water partition coefficient (Wildman–Crippen LogP) is 1.83. The molecule has 1 aliphatic heterocycles. The van der Waals surface area contributed by atoms with Crippen molar-refractivity contribution in [2.24, 2.45) is 0 Å². The van der Waals surface area contributed by atoms with Gasteiger partial charge >= 0.3 is 6.03 Å². The molecule has 0 aliphatic carbocycles. The highest BCUT2D eigenvalue weighted by molar-refractivity contribution is 7.13. The number of carbonyl (C=O) groups is 1. The summed E-state index contributed by atoms with van der Waals surface area (Å²) in [5, 5.41) is 16.4. The van der Waals surface area contributed by atoms with Crippen molar-refractivity contribution in [2.75, 3.05) is 11.9 Å². The summed E-state index contributed by atoms with van der Waals surface area (Å²) in [6.07, 6.45) is 6.97. The topological polar surface area (TPSA) is 84.7 Å². The molecule has 0 bridgehead atoms. The van der Waals surface area contributed by atoms with Crippen molar-refractivity contribution in [1.29, 1.82) is 0 Å². The molecule has 0 saturated heterocycles. The molecule has 2 aromatic rings. The van der Waals surface area contributed by atoms with Crippen LogP contribution in [0.15, 0.2) is 11.6 Å². The lowest BCUT2D eigenvalue weighted by molar-refractivity contribution is 0.252. The quantitative estimate of drug-likeness (QED) is 0.902. The standard InChI is InChI=1S/C13H18N6OS/c20-12(16-13-15-7-9-21-13)14-6-5-11-18-17-10-4-2-1-3-8-19(10)11/h7,9H,1-6,8H2,(H2,14,15,16,20). The summed E-state index contributed by atoms with van der Waals surface area (Å²) >= 11 is 1.39. The smallest absolute Gasteiger partial charge is 0.321 e.